The molecule has 0 bridgehead atoms. The van der Waals surface area contributed by atoms with E-state index in [1.165, 1.54) is 12.1 Å². The molecule has 0 aromatic carbocycles. The van der Waals surface area contributed by atoms with Gasteiger partial charge in [0.1, 0.15) is 0 Å². The van der Waals surface area contributed by atoms with Gasteiger partial charge in [0.2, 0.25) is 0 Å². The monoisotopic (exact) mass is 233 g/mol. The van der Waals surface area contributed by atoms with Gasteiger partial charge >= 0.3 is 0 Å². The van der Waals surface area contributed by atoms with Crippen LogP contribution in [0.4, 0.5) is 0 Å². The third kappa shape index (κ3) is 3.51. The number of nitrogens with one attached hydrogen (secondary N) is 1. The molecule has 2 atom stereocenters. The fourth-order valence-electron chi connectivity index (χ4n) is 2.51. The summed E-state index contributed by atoms with van der Waals surface area (Å²) in [7, 11) is 0. The van der Waals surface area contributed by atoms with Gasteiger partial charge in [-0.05, 0) is 25.5 Å². The van der Waals surface area contributed by atoms with E-state index in [0.717, 1.165) is 26.1 Å². The van der Waals surface area contributed by atoms with Gasteiger partial charge in [0.15, 0.2) is 0 Å². The van der Waals surface area contributed by atoms with Crippen molar-refractivity contribution < 1.29 is 0 Å². The number of pyridine rings is 1. The maximum Gasteiger partial charge on any atom is 0.0416 e. The first kappa shape index (κ1) is 12.5. The Balaban J connectivity index is 1.88. The Kier molecular flexibility index (Phi) is 4.51. The molecule has 0 spiro atoms. The predicted molar refractivity (Wildman–Crippen MR) is 71.1 cm³/mol. The van der Waals surface area contributed by atoms with Crippen LogP contribution in [0, 0.1) is 0 Å². The summed E-state index contributed by atoms with van der Waals surface area (Å²) in [5, 5.41) is 3.55. The van der Waals surface area contributed by atoms with Gasteiger partial charge < -0.3 is 5.32 Å². The average Bonchev–Trinajstić information content (AvgIpc) is 2.38. The van der Waals surface area contributed by atoms with Gasteiger partial charge in [-0.15, -0.1) is 0 Å². The molecule has 0 saturated carbocycles. The van der Waals surface area contributed by atoms with Gasteiger partial charge in [0.25, 0.3) is 0 Å². The highest BCUT2D eigenvalue weighted by Gasteiger charge is 2.23. The van der Waals surface area contributed by atoms with Crippen LogP contribution in [-0.4, -0.2) is 41.6 Å². The van der Waals surface area contributed by atoms with Crippen LogP contribution in [0.5, 0.6) is 0 Å². The van der Waals surface area contributed by atoms with Crippen LogP contribution >= 0.6 is 0 Å². The lowest BCUT2D eigenvalue weighted by atomic mass is 10.1. The van der Waals surface area contributed by atoms with Crippen molar-refractivity contribution in [2.24, 2.45) is 0 Å². The standard InChI is InChI=1S/C14H23N3/c1-3-14-10-16-12(2)11-17(14)9-7-13-6-4-5-8-15-13/h4-6,8,12,14,16H,3,7,9-11H2,1-2H3. The molecule has 0 amide bonds. The fourth-order valence-corrected chi connectivity index (χ4v) is 2.51. The van der Waals surface area contributed by atoms with Crippen molar-refractivity contribution in [1.82, 2.24) is 15.2 Å². The van der Waals surface area contributed by atoms with E-state index in [0.29, 0.717) is 12.1 Å². The minimum Gasteiger partial charge on any atom is -0.311 e. The SMILES string of the molecule is CCC1CNC(C)CN1CCc1ccccn1. The van der Waals surface area contributed by atoms with Gasteiger partial charge in [0, 0.05) is 50.0 Å². The summed E-state index contributed by atoms with van der Waals surface area (Å²) in [5.74, 6) is 0. The molecule has 2 rings (SSSR count). The summed E-state index contributed by atoms with van der Waals surface area (Å²) in [6.45, 7) is 7.95. The van der Waals surface area contributed by atoms with Crippen molar-refractivity contribution in [2.75, 3.05) is 19.6 Å². The zero-order valence-electron chi connectivity index (χ0n) is 10.9. The highest BCUT2D eigenvalue weighted by molar-refractivity contribution is 5.04. The summed E-state index contributed by atoms with van der Waals surface area (Å²) in [4.78, 5) is 7.00. The Labute approximate surface area is 104 Å². The number of rotatable bonds is 4. The molecule has 1 aromatic rings. The number of hydrogen-bond acceptors (Lipinski definition) is 3. The van der Waals surface area contributed by atoms with Gasteiger partial charge in [-0.1, -0.05) is 13.0 Å². The van der Waals surface area contributed by atoms with Crippen LogP contribution in [0.25, 0.3) is 0 Å². The minimum atomic E-state index is 0.613. The van der Waals surface area contributed by atoms with E-state index in [1.54, 1.807) is 0 Å². The Bertz CT molecular complexity index is 325. The van der Waals surface area contributed by atoms with Crippen LogP contribution < -0.4 is 5.32 Å². The highest BCUT2D eigenvalue weighted by Crippen LogP contribution is 2.11. The predicted octanol–water partition coefficient (Wildman–Crippen LogP) is 1.70. The lowest BCUT2D eigenvalue weighted by molar-refractivity contribution is 0.133. The van der Waals surface area contributed by atoms with Gasteiger partial charge in [0.05, 0.1) is 0 Å². The van der Waals surface area contributed by atoms with E-state index in [2.05, 4.69) is 41.2 Å². The van der Waals surface area contributed by atoms with Gasteiger partial charge in [-0.25, -0.2) is 0 Å². The van der Waals surface area contributed by atoms with Crippen LogP contribution in [0.3, 0.4) is 0 Å². The van der Waals surface area contributed by atoms with E-state index in [4.69, 9.17) is 0 Å². The topological polar surface area (TPSA) is 28.2 Å². The summed E-state index contributed by atoms with van der Waals surface area (Å²) in [6, 6.07) is 7.47. The Morgan fingerprint density at radius 3 is 3.06 bits per heavy atom. The molecule has 1 N–H and O–H groups in total. The Morgan fingerprint density at radius 1 is 1.47 bits per heavy atom. The van der Waals surface area contributed by atoms with E-state index in [-0.39, 0.29) is 0 Å². The summed E-state index contributed by atoms with van der Waals surface area (Å²) >= 11 is 0. The third-order valence-corrected chi connectivity index (χ3v) is 3.58. The van der Waals surface area contributed by atoms with Gasteiger partial charge in [-0.2, -0.15) is 0 Å². The lowest BCUT2D eigenvalue weighted by Gasteiger charge is -2.39. The summed E-state index contributed by atoms with van der Waals surface area (Å²) in [5.41, 5.74) is 1.20. The third-order valence-electron chi connectivity index (χ3n) is 3.58. The first-order valence-electron chi connectivity index (χ1n) is 6.67. The molecule has 0 radical (unpaired) electrons. The van der Waals surface area contributed by atoms with Crippen LogP contribution in [0.15, 0.2) is 24.4 Å². The molecule has 1 saturated heterocycles. The number of aromatic nitrogens is 1. The molecule has 3 heteroatoms. The number of piperazine rings is 1. The summed E-state index contributed by atoms with van der Waals surface area (Å²) < 4.78 is 0. The second-order valence-electron chi connectivity index (χ2n) is 4.94. The summed E-state index contributed by atoms with van der Waals surface area (Å²) in [6.07, 6.45) is 4.17. The molecular formula is C14H23N3. The lowest BCUT2D eigenvalue weighted by Crippen LogP contribution is -2.55. The smallest absolute Gasteiger partial charge is 0.0416 e. The van der Waals surface area contributed by atoms with Gasteiger partial charge in [-0.3, -0.25) is 9.88 Å². The molecule has 94 valence electrons. The largest absolute Gasteiger partial charge is 0.311 e. The fraction of sp³-hybridized carbons (Fsp3) is 0.643. The Hall–Kier alpha value is -0.930. The minimum absolute atomic E-state index is 0.613. The number of hydrogen-bond donors (Lipinski definition) is 1. The maximum atomic E-state index is 4.39. The molecule has 1 aliphatic heterocycles. The highest BCUT2D eigenvalue weighted by atomic mass is 15.2. The second-order valence-corrected chi connectivity index (χ2v) is 4.94. The zero-order valence-corrected chi connectivity index (χ0v) is 10.9. The van der Waals surface area contributed by atoms with E-state index < -0.39 is 0 Å². The molecule has 2 unspecified atom stereocenters. The maximum absolute atomic E-state index is 4.39. The molecular weight excluding hydrogens is 210 g/mol. The van der Waals surface area contributed by atoms with Crippen molar-refractivity contribution in [1.29, 1.82) is 0 Å². The van der Waals surface area contributed by atoms with Crippen LogP contribution in [-0.2, 0) is 6.42 Å². The molecule has 2 heterocycles. The van der Waals surface area contributed by atoms with Crippen molar-refractivity contribution in [2.45, 2.75) is 38.8 Å². The van der Waals surface area contributed by atoms with Crippen molar-refractivity contribution in [3.05, 3.63) is 30.1 Å². The van der Waals surface area contributed by atoms with E-state index >= 15 is 0 Å². The van der Waals surface area contributed by atoms with E-state index in [9.17, 15) is 0 Å². The van der Waals surface area contributed by atoms with Crippen molar-refractivity contribution >= 4 is 0 Å². The molecule has 1 fully saturated rings. The second kappa shape index (κ2) is 6.12. The quantitative estimate of drug-likeness (QED) is 0.858. The molecule has 1 aromatic heterocycles. The van der Waals surface area contributed by atoms with Crippen molar-refractivity contribution in [3.63, 3.8) is 0 Å². The first-order chi connectivity index (χ1) is 8.29. The first-order valence-corrected chi connectivity index (χ1v) is 6.67. The van der Waals surface area contributed by atoms with Crippen LogP contribution in [0.2, 0.25) is 0 Å². The zero-order chi connectivity index (χ0) is 12.1. The number of nitrogens with zero attached hydrogens (tertiary/aromatic N) is 2. The molecule has 17 heavy (non-hydrogen) atoms. The average molecular weight is 233 g/mol. The normalized spacial score (nSPS) is 26.0. The molecule has 1 aliphatic rings. The van der Waals surface area contributed by atoms with E-state index in [1.807, 2.05) is 12.3 Å². The molecule has 0 aliphatic carbocycles. The molecule has 3 nitrogen and oxygen atoms in total. The Morgan fingerprint density at radius 2 is 2.35 bits per heavy atom. The van der Waals surface area contributed by atoms with Crippen molar-refractivity contribution in [3.8, 4) is 0 Å². The van der Waals surface area contributed by atoms with Crippen LogP contribution in [0.1, 0.15) is 26.0 Å².